The molecule has 0 aliphatic heterocycles. The van der Waals surface area contributed by atoms with Crippen molar-refractivity contribution in [2.75, 3.05) is 0 Å². The third-order valence-corrected chi connectivity index (χ3v) is 3.64. The molecular formula is C11H15N. The lowest BCUT2D eigenvalue weighted by atomic mass is 9.80. The SMILES string of the molecule is CC1(C2CC=CCC2)CC1C#N. The van der Waals surface area contributed by atoms with Crippen molar-refractivity contribution in [3.8, 4) is 6.07 Å². The minimum atomic E-state index is 0.356. The van der Waals surface area contributed by atoms with Gasteiger partial charge in [0.1, 0.15) is 0 Å². The molecule has 0 aromatic carbocycles. The second kappa shape index (κ2) is 2.62. The van der Waals surface area contributed by atoms with Gasteiger partial charge in [-0.05, 0) is 37.0 Å². The molecule has 1 saturated carbocycles. The van der Waals surface area contributed by atoms with Gasteiger partial charge in [0, 0.05) is 0 Å². The van der Waals surface area contributed by atoms with Crippen LogP contribution in [0.4, 0.5) is 0 Å². The molecule has 0 heterocycles. The summed E-state index contributed by atoms with van der Waals surface area (Å²) in [6.07, 6.45) is 9.41. The molecule has 0 bridgehead atoms. The quantitative estimate of drug-likeness (QED) is 0.542. The third-order valence-electron chi connectivity index (χ3n) is 3.64. The smallest absolute Gasteiger partial charge is 0.0661 e. The molecule has 1 nitrogen and oxygen atoms in total. The van der Waals surface area contributed by atoms with Gasteiger partial charge >= 0.3 is 0 Å². The lowest BCUT2D eigenvalue weighted by molar-refractivity contribution is 0.296. The summed E-state index contributed by atoms with van der Waals surface area (Å²) in [6.45, 7) is 2.28. The molecule has 2 aliphatic rings. The Bertz CT molecular complexity index is 248. The van der Waals surface area contributed by atoms with Crippen molar-refractivity contribution in [1.29, 1.82) is 5.26 Å². The molecule has 0 aromatic heterocycles. The highest BCUT2D eigenvalue weighted by Gasteiger charge is 2.54. The first kappa shape index (κ1) is 7.86. The standard InChI is InChI=1S/C11H15N/c1-11(7-10(11)8-12)9-5-3-2-4-6-9/h2-3,9-10H,4-7H2,1H3. The fraction of sp³-hybridized carbons (Fsp3) is 0.727. The van der Waals surface area contributed by atoms with Crippen LogP contribution in [0.2, 0.25) is 0 Å². The van der Waals surface area contributed by atoms with E-state index in [2.05, 4.69) is 25.1 Å². The first-order chi connectivity index (χ1) is 5.77. The summed E-state index contributed by atoms with van der Waals surface area (Å²) in [4.78, 5) is 0. The van der Waals surface area contributed by atoms with Gasteiger partial charge in [-0.1, -0.05) is 19.1 Å². The second-order valence-electron chi connectivity index (χ2n) is 4.37. The van der Waals surface area contributed by atoms with E-state index in [1.165, 1.54) is 19.3 Å². The molecular weight excluding hydrogens is 146 g/mol. The van der Waals surface area contributed by atoms with Gasteiger partial charge < -0.3 is 0 Å². The number of hydrogen-bond acceptors (Lipinski definition) is 1. The lowest BCUT2D eigenvalue weighted by Crippen LogP contribution is -2.15. The summed E-state index contributed by atoms with van der Waals surface area (Å²) in [5.74, 6) is 1.14. The molecule has 2 rings (SSSR count). The van der Waals surface area contributed by atoms with Crippen molar-refractivity contribution in [1.82, 2.24) is 0 Å². The van der Waals surface area contributed by atoms with E-state index in [9.17, 15) is 0 Å². The monoisotopic (exact) mass is 161 g/mol. The molecule has 0 saturated heterocycles. The van der Waals surface area contributed by atoms with Crippen molar-refractivity contribution in [2.24, 2.45) is 17.3 Å². The first-order valence-corrected chi connectivity index (χ1v) is 4.82. The van der Waals surface area contributed by atoms with E-state index >= 15 is 0 Å². The average Bonchev–Trinajstić information content (AvgIpc) is 2.81. The summed E-state index contributed by atoms with van der Waals surface area (Å²) in [5.41, 5.74) is 0.375. The minimum absolute atomic E-state index is 0.356. The zero-order chi connectivity index (χ0) is 8.60. The van der Waals surface area contributed by atoms with Gasteiger partial charge in [0.15, 0.2) is 0 Å². The summed E-state index contributed by atoms with van der Waals surface area (Å²) in [7, 11) is 0. The lowest BCUT2D eigenvalue weighted by Gasteiger charge is -2.24. The second-order valence-corrected chi connectivity index (χ2v) is 4.37. The maximum atomic E-state index is 8.80. The van der Waals surface area contributed by atoms with Crippen molar-refractivity contribution in [3.05, 3.63) is 12.2 Å². The van der Waals surface area contributed by atoms with Crippen molar-refractivity contribution in [2.45, 2.75) is 32.6 Å². The number of hydrogen-bond donors (Lipinski definition) is 0. The van der Waals surface area contributed by atoms with Gasteiger partial charge in [-0.25, -0.2) is 0 Å². The van der Waals surface area contributed by atoms with E-state index in [1.807, 2.05) is 0 Å². The fourth-order valence-corrected chi connectivity index (χ4v) is 2.42. The number of nitrogens with zero attached hydrogens (tertiary/aromatic N) is 1. The topological polar surface area (TPSA) is 23.8 Å². The van der Waals surface area contributed by atoms with E-state index in [0.29, 0.717) is 11.3 Å². The van der Waals surface area contributed by atoms with Crippen LogP contribution in [0.1, 0.15) is 32.6 Å². The predicted octanol–water partition coefficient (Wildman–Crippen LogP) is 2.89. The van der Waals surface area contributed by atoms with E-state index in [0.717, 1.165) is 12.3 Å². The largest absolute Gasteiger partial charge is 0.198 e. The van der Waals surface area contributed by atoms with Crippen LogP contribution in [0.15, 0.2) is 12.2 Å². The molecule has 2 aliphatic carbocycles. The third kappa shape index (κ3) is 1.06. The molecule has 0 amide bonds. The Labute approximate surface area is 74.1 Å². The highest BCUT2D eigenvalue weighted by molar-refractivity contribution is 5.14. The van der Waals surface area contributed by atoms with Gasteiger partial charge in [0.25, 0.3) is 0 Å². The van der Waals surface area contributed by atoms with Crippen LogP contribution in [0.3, 0.4) is 0 Å². The van der Waals surface area contributed by atoms with Crippen molar-refractivity contribution < 1.29 is 0 Å². The maximum Gasteiger partial charge on any atom is 0.0661 e. The summed E-state index contributed by atoms with van der Waals surface area (Å²) in [6, 6.07) is 2.40. The molecule has 3 atom stereocenters. The van der Waals surface area contributed by atoms with Gasteiger partial charge in [-0.15, -0.1) is 0 Å². The van der Waals surface area contributed by atoms with E-state index < -0.39 is 0 Å². The molecule has 0 aromatic rings. The molecule has 64 valence electrons. The van der Waals surface area contributed by atoms with Gasteiger partial charge in [0.2, 0.25) is 0 Å². The van der Waals surface area contributed by atoms with Crippen LogP contribution in [0, 0.1) is 28.6 Å². The molecule has 1 fully saturated rings. The summed E-state index contributed by atoms with van der Waals surface area (Å²) >= 11 is 0. The van der Waals surface area contributed by atoms with Crippen LogP contribution < -0.4 is 0 Å². The van der Waals surface area contributed by atoms with E-state index in [4.69, 9.17) is 5.26 Å². The Balaban J connectivity index is 2.02. The van der Waals surface area contributed by atoms with Crippen LogP contribution in [0.5, 0.6) is 0 Å². The number of nitriles is 1. The Morgan fingerprint density at radius 2 is 2.33 bits per heavy atom. The van der Waals surface area contributed by atoms with Crippen LogP contribution in [-0.2, 0) is 0 Å². The average molecular weight is 161 g/mol. The van der Waals surface area contributed by atoms with E-state index in [-0.39, 0.29) is 0 Å². The van der Waals surface area contributed by atoms with Crippen LogP contribution >= 0.6 is 0 Å². The Morgan fingerprint density at radius 1 is 1.50 bits per heavy atom. The Kier molecular flexibility index (Phi) is 1.72. The van der Waals surface area contributed by atoms with Gasteiger partial charge in [0.05, 0.1) is 12.0 Å². The first-order valence-electron chi connectivity index (χ1n) is 4.82. The normalized spacial score (nSPS) is 45.3. The summed E-state index contributed by atoms with van der Waals surface area (Å²) in [5, 5.41) is 8.80. The van der Waals surface area contributed by atoms with Crippen molar-refractivity contribution >= 4 is 0 Å². The maximum absolute atomic E-state index is 8.80. The van der Waals surface area contributed by atoms with Crippen molar-refractivity contribution in [3.63, 3.8) is 0 Å². The van der Waals surface area contributed by atoms with Crippen LogP contribution in [-0.4, -0.2) is 0 Å². The molecule has 0 spiro atoms. The minimum Gasteiger partial charge on any atom is -0.198 e. The zero-order valence-corrected chi connectivity index (χ0v) is 7.59. The molecule has 1 heteroatoms. The highest BCUT2D eigenvalue weighted by Crippen LogP contribution is 2.59. The van der Waals surface area contributed by atoms with Crippen LogP contribution in [0.25, 0.3) is 0 Å². The fourth-order valence-electron chi connectivity index (χ4n) is 2.42. The Morgan fingerprint density at radius 3 is 2.83 bits per heavy atom. The Hall–Kier alpha value is -0.770. The number of allylic oxidation sites excluding steroid dienone is 2. The number of rotatable bonds is 1. The van der Waals surface area contributed by atoms with Gasteiger partial charge in [-0.2, -0.15) is 5.26 Å². The highest BCUT2D eigenvalue weighted by atomic mass is 14.6. The summed E-state index contributed by atoms with van der Waals surface area (Å²) < 4.78 is 0. The molecule has 0 N–H and O–H groups in total. The van der Waals surface area contributed by atoms with Gasteiger partial charge in [-0.3, -0.25) is 0 Å². The van der Waals surface area contributed by atoms with E-state index in [1.54, 1.807) is 0 Å². The molecule has 3 unspecified atom stereocenters. The molecule has 12 heavy (non-hydrogen) atoms. The zero-order valence-electron chi connectivity index (χ0n) is 7.59. The predicted molar refractivity (Wildman–Crippen MR) is 48.3 cm³/mol. The molecule has 0 radical (unpaired) electrons.